The minimum Gasteiger partial charge on any atom is -0.354 e. The Bertz CT molecular complexity index is 603. The fourth-order valence-corrected chi connectivity index (χ4v) is 3.22. The second-order valence-electron chi connectivity index (χ2n) is 6.12. The van der Waals surface area contributed by atoms with E-state index in [0.717, 1.165) is 50.1 Å². The molecule has 3 rings (SSSR count). The van der Waals surface area contributed by atoms with Crippen LogP contribution in [0, 0.1) is 6.92 Å². The van der Waals surface area contributed by atoms with Gasteiger partial charge < -0.3 is 4.90 Å². The summed E-state index contributed by atoms with van der Waals surface area (Å²) in [5, 5.41) is 2.13. The molecule has 0 saturated carbocycles. The van der Waals surface area contributed by atoms with Gasteiger partial charge in [0.05, 0.1) is 11.2 Å². The van der Waals surface area contributed by atoms with Crippen LogP contribution < -0.4 is 4.90 Å². The van der Waals surface area contributed by atoms with Crippen molar-refractivity contribution in [3.8, 4) is 0 Å². The zero-order valence-electron chi connectivity index (χ0n) is 13.5. The zero-order valence-corrected chi connectivity index (χ0v) is 14.3. The van der Waals surface area contributed by atoms with Crippen LogP contribution in [0.4, 0.5) is 5.82 Å². The van der Waals surface area contributed by atoms with E-state index in [2.05, 4.69) is 52.0 Å². The number of thiazole rings is 1. The molecule has 3 heterocycles. The largest absolute Gasteiger partial charge is 0.354 e. The molecule has 0 N–H and O–H groups in total. The van der Waals surface area contributed by atoms with Crippen LogP contribution in [0.1, 0.15) is 37.0 Å². The van der Waals surface area contributed by atoms with Gasteiger partial charge >= 0.3 is 0 Å². The van der Waals surface area contributed by atoms with E-state index < -0.39 is 0 Å². The number of rotatable bonds is 4. The third-order valence-electron chi connectivity index (χ3n) is 3.94. The van der Waals surface area contributed by atoms with E-state index in [4.69, 9.17) is 4.98 Å². The normalized spacial score (nSPS) is 16.5. The molecule has 0 atom stereocenters. The molecule has 2 aromatic heterocycles. The van der Waals surface area contributed by atoms with Crippen molar-refractivity contribution < 1.29 is 0 Å². The predicted molar refractivity (Wildman–Crippen MR) is 90.5 cm³/mol. The van der Waals surface area contributed by atoms with Crippen LogP contribution in [0.3, 0.4) is 0 Å². The molecule has 6 heteroatoms. The molecule has 1 aliphatic heterocycles. The standard InChI is InChI=1S/C16H23N5S/c1-12(2)16-18-13(3)8-15(19-16)21-6-4-20(5-7-21)9-14-10-22-11-17-14/h8,10-12H,4-7,9H2,1-3H3. The van der Waals surface area contributed by atoms with Crippen molar-refractivity contribution in [3.05, 3.63) is 34.2 Å². The predicted octanol–water partition coefficient (Wildman–Crippen LogP) is 2.69. The third-order valence-corrected chi connectivity index (χ3v) is 4.58. The molecular formula is C16H23N5S. The molecule has 0 amide bonds. The zero-order chi connectivity index (χ0) is 15.5. The monoisotopic (exact) mass is 317 g/mol. The van der Waals surface area contributed by atoms with Gasteiger partial charge in [0, 0.05) is 55.8 Å². The molecule has 0 aliphatic carbocycles. The molecule has 0 aromatic carbocycles. The third kappa shape index (κ3) is 3.62. The summed E-state index contributed by atoms with van der Waals surface area (Å²) in [6.45, 7) is 11.4. The van der Waals surface area contributed by atoms with Crippen molar-refractivity contribution in [1.82, 2.24) is 19.9 Å². The first-order valence-corrected chi connectivity index (χ1v) is 8.76. The number of nitrogens with zero attached hydrogens (tertiary/aromatic N) is 5. The van der Waals surface area contributed by atoms with Gasteiger partial charge in [-0.3, -0.25) is 4.90 Å². The summed E-state index contributed by atoms with van der Waals surface area (Å²) < 4.78 is 0. The summed E-state index contributed by atoms with van der Waals surface area (Å²) >= 11 is 1.67. The van der Waals surface area contributed by atoms with E-state index in [9.17, 15) is 0 Å². The lowest BCUT2D eigenvalue weighted by atomic mass is 10.2. The van der Waals surface area contributed by atoms with Gasteiger partial charge in [-0.2, -0.15) is 0 Å². The van der Waals surface area contributed by atoms with Gasteiger partial charge in [0.25, 0.3) is 0 Å². The molecule has 22 heavy (non-hydrogen) atoms. The Hall–Kier alpha value is -1.53. The van der Waals surface area contributed by atoms with Gasteiger partial charge in [-0.1, -0.05) is 13.8 Å². The highest BCUT2D eigenvalue weighted by Crippen LogP contribution is 2.19. The number of hydrogen-bond acceptors (Lipinski definition) is 6. The summed E-state index contributed by atoms with van der Waals surface area (Å²) in [6, 6.07) is 2.10. The topological polar surface area (TPSA) is 45.2 Å². The van der Waals surface area contributed by atoms with Crippen molar-refractivity contribution in [2.45, 2.75) is 33.2 Å². The van der Waals surface area contributed by atoms with E-state index in [1.807, 2.05) is 5.51 Å². The number of aromatic nitrogens is 3. The summed E-state index contributed by atoms with van der Waals surface area (Å²) in [7, 11) is 0. The van der Waals surface area contributed by atoms with Gasteiger partial charge in [-0.25, -0.2) is 15.0 Å². The maximum absolute atomic E-state index is 4.74. The number of hydrogen-bond donors (Lipinski definition) is 0. The maximum atomic E-state index is 4.74. The highest BCUT2D eigenvalue weighted by molar-refractivity contribution is 7.07. The van der Waals surface area contributed by atoms with Crippen LogP contribution in [0.25, 0.3) is 0 Å². The molecule has 1 aliphatic rings. The minimum atomic E-state index is 0.365. The van der Waals surface area contributed by atoms with E-state index in [1.54, 1.807) is 11.3 Å². The molecular weight excluding hydrogens is 294 g/mol. The lowest BCUT2D eigenvalue weighted by molar-refractivity contribution is 0.247. The maximum Gasteiger partial charge on any atom is 0.133 e. The van der Waals surface area contributed by atoms with Crippen LogP contribution in [0.2, 0.25) is 0 Å². The summed E-state index contributed by atoms with van der Waals surface area (Å²) in [6.07, 6.45) is 0. The van der Waals surface area contributed by atoms with Gasteiger partial charge in [0.1, 0.15) is 11.6 Å². The fourth-order valence-electron chi connectivity index (χ4n) is 2.67. The van der Waals surface area contributed by atoms with E-state index in [0.29, 0.717) is 5.92 Å². The van der Waals surface area contributed by atoms with Crippen molar-refractivity contribution in [2.75, 3.05) is 31.1 Å². The Morgan fingerprint density at radius 2 is 1.95 bits per heavy atom. The number of aryl methyl sites for hydroxylation is 1. The first kappa shape index (κ1) is 15.4. The smallest absolute Gasteiger partial charge is 0.133 e. The van der Waals surface area contributed by atoms with Crippen LogP contribution in [-0.4, -0.2) is 46.0 Å². The van der Waals surface area contributed by atoms with E-state index in [1.165, 1.54) is 5.69 Å². The molecule has 0 radical (unpaired) electrons. The van der Waals surface area contributed by atoms with Crippen molar-refractivity contribution in [1.29, 1.82) is 0 Å². The quantitative estimate of drug-likeness (QED) is 0.867. The Morgan fingerprint density at radius 1 is 1.18 bits per heavy atom. The molecule has 0 unspecified atom stereocenters. The Labute approximate surface area is 136 Å². The van der Waals surface area contributed by atoms with Crippen molar-refractivity contribution >= 4 is 17.2 Å². The lowest BCUT2D eigenvalue weighted by Gasteiger charge is -2.35. The number of anilines is 1. The molecule has 118 valence electrons. The molecule has 2 aromatic rings. The van der Waals surface area contributed by atoms with Gasteiger partial charge in [-0.15, -0.1) is 11.3 Å². The Balaban J connectivity index is 1.63. The fraction of sp³-hybridized carbons (Fsp3) is 0.562. The van der Waals surface area contributed by atoms with E-state index >= 15 is 0 Å². The highest BCUT2D eigenvalue weighted by atomic mass is 32.1. The average molecular weight is 317 g/mol. The lowest BCUT2D eigenvalue weighted by Crippen LogP contribution is -2.46. The SMILES string of the molecule is Cc1cc(N2CCN(Cc3cscn3)CC2)nc(C(C)C)n1. The van der Waals surface area contributed by atoms with Crippen LogP contribution in [0.5, 0.6) is 0 Å². The van der Waals surface area contributed by atoms with E-state index in [-0.39, 0.29) is 0 Å². The molecule has 1 fully saturated rings. The summed E-state index contributed by atoms with van der Waals surface area (Å²) in [4.78, 5) is 18.5. The molecule has 0 spiro atoms. The van der Waals surface area contributed by atoms with Gasteiger partial charge in [0.15, 0.2) is 0 Å². The van der Waals surface area contributed by atoms with Crippen molar-refractivity contribution in [2.24, 2.45) is 0 Å². The second kappa shape index (κ2) is 6.71. The summed E-state index contributed by atoms with van der Waals surface area (Å²) in [5.41, 5.74) is 4.14. The van der Waals surface area contributed by atoms with Crippen LogP contribution >= 0.6 is 11.3 Å². The Kier molecular flexibility index (Phi) is 4.69. The molecule has 1 saturated heterocycles. The highest BCUT2D eigenvalue weighted by Gasteiger charge is 2.19. The van der Waals surface area contributed by atoms with Crippen LogP contribution in [0.15, 0.2) is 17.0 Å². The molecule has 0 bridgehead atoms. The van der Waals surface area contributed by atoms with Gasteiger partial charge in [-0.05, 0) is 6.92 Å². The first-order valence-electron chi connectivity index (χ1n) is 7.82. The Morgan fingerprint density at radius 3 is 2.59 bits per heavy atom. The van der Waals surface area contributed by atoms with Crippen molar-refractivity contribution in [3.63, 3.8) is 0 Å². The second-order valence-corrected chi connectivity index (χ2v) is 6.84. The number of piperazine rings is 1. The van der Waals surface area contributed by atoms with Gasteiger partial charge in [0.2, 0.25) is 0 Å². The average Bonchev–Trinajstić information content (AvgIpc) is 3.00. The van der Waals surface area contributed by atoms with Crippen LogP contribution in [-0.2, 0) is 6.54 Å². The minimum absolute atomic E-state index is 0.365. The summed E-state index contributed by atoms with van der Waals surface area (Å²) in [5.74, 6) is 2.38. The first-order chi connectivity index (χ1) is 10.6. The molecule has 5 nitrogen and oxygen atoms in total.